The predicted molar refractivity (Wildman–Crippen MR) is 72.9 cm³/mol. The average Bonchev–Trinajstić information content (AvgIpc) is 2.86. The van der Waals surface area contributed by atoms with Crippen LogP contribution < -0.4 is 10.1 Å². The highest BCUT2D eigenvalue weighted by Crippen LogP contribution is 2.20. The van der Waals surface area contributed by atoms with Crippen molar-refractivity contribution in [3.8, 4) is 5.75 Å². The third kappa shape index (κ3) is 3.98. The molecule has 0 fully saturated rings. The average molecular weight is 286 g/mol. The lowest BCUT2D eigenvalue weighted by molar-refractivity contribution is 0.313. The lowest BCUT2D eigenvalue weighted by atomic mass is 10.3. The Balaban J connectivity index is 1.67. The van der Waals surface area contributed by atoms with Crippen molar-refractivity contribution in [3.05, 3.63) is 51.4 Å². The summed E-state index contributed by atoms with van der Waals surface area (Å²) in [4.78, 5) is 1.29. The Bertz CT molecular complexity index is 490. The number of hydrogen-bond donors (Lipinski definition) is 1. The molecule has 1 aromatic carbocycles. The topological polar surface area (TPSA) is 21.3 Å². The van der Waals surface area contributed by atoms with Gasteiger partial charge in [0.25, 0.3) is 0 Å². The fraction of sp³-hybridized carbons (Fsp3) is 0.231. The van der Waals surface area contributed by atoms with E-state index in [1.54, 1.807) is 17.4 Å². The van der Waals surface area contributed by atoms with Crippen LogP contribution in [0.4, 0.5) is 4.39 Å². The minimum absolute atomic E-state index is 0.0824. The number of halogens is 2. The molecule has 96 valence electrons. The minimum atomic E-state index is -0.431. The summed E-state index contributed by atoms with van der Waals surface area (Å²) in [6.45, 7) is 2.09. The fourth-order valence-corrected chi connectivity index (χ4v) is 2.28. The summed E-state index contributed by atoms with van der Waals surface area (Å²) in [5.41, 5.74) is 0. The van der Waals surface area contributed by atoms with Crippen molar-refractivity contribution in [1.29, 1.82) is 0 Å². The molecule has 0 aliphatic rings. The fourth-order valence-electron chi connectivity index (χ4n) is 1.43. The van der Waals surface area contributed by atoms with Gasteiger partial charge < -0.3 is 10.1 Å². The van der Waals surface area contributed by atoms with Gasteiger partial charge in [0.2, 0.25) is 0 Å². The molecule has 0 bridgehead atoms. The van der Waals surface area contributed by atoms with E-state index in [0.29, 0.717) is 12.4 Å². The first kappa shape index (κ1) is 13.3. The number of rotatable bonds is 6. The standard InChI is InChI=1S/C13H13ClFNOS/c14-12-8-10(3-4-13(12)15)17-6-5-16-9-11-2-1-7-18-11/h1-4,7-8,16H,5-6,9H2. The van der Waals surface area contributed by atoms with Crippen LogP contribution in [0.3, 0.4) is 0 Å². The Morgan fingerprint density at radius 3 is 2.94 bits per heavy atom. The second kappa shape index (κ2) is 6.73. The summed E-state index contributed by atoms with van der Waals surface area (Å²) in [5.74, 6) is 0.152. The smallest absolute Gasteiger partial charge is 0.142 e. The molecule has 18 heavy (non-hydrogen) atoms. The van der Waals surface area contributed by atoms with E-state index in [1.807, 2.05) is 11.4 Å². The van der Waals surface area contributed by atoms with Crippen molar-refractivity contribution in [2.24, 2.45) is 0 Å². The molecule has 1 aromatic heterocycles. The lowest BCUT2D eigenvalue weighted by Gasteiger charge is -2.07. The third-order valence-corrected chi connectivity index (χ3v) is 3.48. The summed E-state index contributed by atoms with van der Waals surface area (Å²) in [6.07, 6.45) is 0. The van der Waals surface area contributed by atoms with Gasteiger partial charge >= 0.3 is 0 Å². The molecular formula is C13H13ClFNOS. The summed E-state index contributed by atoms with van der Waals surface area (Å²) >= 11 is 7.37. The first-order valence-corrected chi connectivity index (χ1v) is 6.82. The van der Waals surface area contributed by atoms with E-state index in [9.17, 15) is 4.39 Å². The van der Waals surface area contributed by atoms with Gasteiger partial charge in [-0.25, -0.2) is 4.39 Å². The molecule has 0 unspecified atom stereocenters. The summed E-state index contributed by atoms with van der Waals surface area (Å²) in [5, 5.41) is 5.39. The van der Waals surface area contributed by atoms with Crippen LogP contribution >= 0.6 is 22.9 Å². The quantitative estimate of drug-likeness (QED) is 0.817. The third-order valence-electron chi connectivity index (χ3n) is 2.32. The molecular weight excluding hydrogens is 273 g/mol. The summed E-state index contributed by atoms with van der Waals surface area (Å²) in [7, 11) is 0. The van der Waals surface area contributed by atoms with Crippen LogP contribution in [-0.4, -0.2) is 13.2 Å². The molecule has 1 N–H and O–H groups in total. The van der Waals surface area contributed by atoms with Crippen LogP contribution in [0.25, 0.3) is 0 Å². The van der Waals surface area contributed by atoms with Crippen molar-refractivity contribution < 1.29 is 9.13 Å². The molecule has 0 saturated heterocycles. The van der Waals surface area contributed by atoms with E-state index in [0.717, 1.165) is 13.1 Å². The number of ether oxygens (including phenoxy) is 1. The Morgan fingerprint density at radius 2 is 2.22 bits per heavy atom. The van der Waals surface area contributed by atoms with Crippen LogP contribution in [-0.2, 0) is 6.54 Å². The van der Waals surface area contributed by atoms with Gasteiger partial charge in [-0.15, -0.1) is 11.3 Å². The Morgan fingerprint density at radius 1 is 1.33 bits per heavy atom. The van der Waals surface area contributed by atoms with E-state index >= 15 is 0 Å². The zero-order valence-electron chi connectivity index (χ0n) is 9.66. The van der Waals surface area contributed by atoms with E-state index in [2.05, 4.69) is 11.4 Å². The molecule has 0 atom stereocenters. The van der Waals surface area contributed by atoms with Gasteiger partial charge in [-0.2, -0.15) is 0 Å². The highest BCUT2D eigenvalue weighted by molar-refractivity contribution is 7.09. The summed E-state index contributed by atoms with van der Waals surface area (Å²) in [6, 6.07) is 8.46. The highest BCUT2D eigenvalue weighted by Gasteiger charge is 2.01. The normalized spacial score (nSPS) is 10.6. The minimum Gasteiger partial charge on any atom is -0.492 e. The highest BCUT2D eigenvalue weighted by atomic mass is 35.5. The first-order valence-electron chi connectivity index (χ1n) is 5.56. The van der Waals surface area contributed by atoms with Crippen LogP contribution in [0.1, 0.15) is 4.88 Å². The second-order valence-electron chi connectivity index (χ2n) is 3.68. The van der Waals surface area contributed by atoms with Crippen molar-refractivity contribution in [2.45, 2.75) is 6.54 Å². The number of hydrogen-bond acceptors (Lipinski definition) is 3. The van der Waals surface area contributed by atoms with Gasteiger partial charge in [-0.1, -0.05) is 17.7 Å². The van der Waals surface area contributed by atoms with Crippen LogP contribution in [0.5, 0.6) is 5.75 Å². The molecule has 0 aliphatic carbocycles. The van der Waals surface area contributed by atoms with Crippen molar-refractivity contribution in [2.75, 3.05) is 13.2 Å². The molecule has 0 amide bonds. The first-order chi connectivity index (χ1) is 8.75. The molecule has 2 rings (SSSR count). The monoisotopic (exact) mass is 285 g/mol. The number of thiophene rings is 1. The van der Waals surface area contributed by atoms with Gasteiger partial charge in [0.15, 0.2) is 0 Å². The molecule has 2 nitrogen and oxygen atoms in total. The van der Waals surface area contributed by atoms with Gasteiger partial charge in [-0.05, 0) is 23.6 Å². The van der Waals surface area contributed by atoms with Crippen molar-refractivity contribution in [3.63, 3.8) is 0 Å². The molecule has 0 aliphatic heterocycles. The predicted octanol–water partition coefficient (Wildman–Crippen LogP) is 3.71. The lowest BCUT2D eigenvalue weighted by Crippen LogP contribution is -2.20. The Kier molecular flexibility index (Phi) is 4.99. The van der Waals surface area contributed by atoms with Crippen LogP contribution in [0.2, 0.25) is 5.02 Å². The molecule has 2 aromatic rings. The van der Waals surface area contributed by atoms with Crippen molar-refractivity contribution >= 4 is 22.9 Å². The molecule has 0 saturated carbocycles. The maximum Gasteiger partial charge on any atom is 0.142 e. The van der Waals surface area contributed by atoms with E-state index in [-0.39, 0.29) is 5.02 Å². The van der Waals surface area contributed by atoms with Gasteiger partial charge in [0, 0.05) is 24.0 Å². The Labute approximate surface area is 114 Å². The molecule has 5 heteroatoms. The molecule has 1 heterocycles. The molecule has 0 spiro atoms. The summed E-state index contributed by atoms with van der Waals surface area (Å²) < 4.78 is 18.4. The van der Waals surface area contributed by atoms with E-state index < -0.39 is 5.82 Å². The maximum absolute atomic E-state index is 12.9. The van der Waals surface area contributed by atoms with E-state index in [4.69, 9.17) is 16.3 Å². The zero-order chi connectivity index (χ0) is 12.8. The maximum atomic E-state index is 12.9. The van der Waals surface area contributed by atoms with Crippen molar-refractivity contribution in [1.82, 2.24) is 5.32 Å². The van der Waals surface area contributed by atoms with Crippen LogP contribution in [0.15, 0.2) is 35.7 Å². The molecule has 0 radical (unpaired) electrons. The van der Waals surface area contributed by atoms with Gasteiger partial charge in [0.05, 0.1) is 5.02 Å². The zero-order valence-corrected chi connectivity index (χ0v) is 11.2. The number of benzene rings is 1. The largest absolute Gasteiger partial charge is 0.492 e. The van der Waals surface area contributed by atoms with Gasteiger partial charge in [0.1, 0.15) is 18.2 Å². The van der Waals surface area contributed by atoms with Gasteiger partial charge in [-0.3, -0.25) is 0 Å². The SMILES string of the molecule is Fc1ccc(OCCNCc2cccs2)cc1Cl. The van der Waals surface area contributed by atoms with E-state index in [1.165, 1.54) is 17.0 Å². The van der Waals surface area contributed by atoms with Crippen LogP contribution in [0, 0.1) is 5.82 Å². The number of nitrogens with one attached hydrogen (secondary N) is 1. The second-order valence-corrected chi connectivity index (χ2v) is 5.12. The Hall–Kier alpha value is -1.10.